The highest BCUT2D eigenvalue weighted by molar-refractivity contribution is 5.83. The van der Waals surface area contributed by atoms with Crippen LogP contribution < -0.4 is 4.74 Å². The minimum absolute atomic E-state index is 0.0625. The van der Waals surface area contributed by atoms with Crippen LogP contribution in [0.2, 0.25) is 0 Å². The number of hydrogen-bond acceptors (Lipinski definition) is 1. The first-order valence-electron chi connectivity index (χ1n) is 6.85. The Hall–Kier alpha value is -2.20. The fourth-order valence-electron chi connectivity index (χ4n) is 1.79. The molecule has 0 aliphatic rings. The van der Waals surface area contributed by atoms with Crippen LogP contribution in [0, 0.1) is 17.3 Å². The molecule has 0 N–H and O–H groups in total. The third-order valence-electron chi connectivity index (χ3n) is 2.70. The summed E-state index contributed by atoms with van der Waals surface area (Å²) in [5.41, 5.74) is 0.0625. The summed E-state index contributed by atoms with van der Waals surface area (Å²) in [6, 6.07) is 14.3. The fraction of sp³-hybridized carbons (Fsp3) is 0.263. The quantitative estimate of drug-likeness (QED) is 0.549. The van der Waals surface area contributed by atoms with Gasteiger partial charge in [0.1, 0.15) is 5.75 Å². The van der Waals surface area contributed by atoms with E-state index in [9.17, 15) is 0 Å². The molecule has 102 valence electrons. The Kier molecular flexibility index (Phi) is 4.48. The minimum Gasteiger partial charge on any atom is -0.465 e. The fourth-order valence-corrected chi connectivity index (χ4v) is 1.79. The summed E-state index contributed by atoms with van der Waals surface area (Å²) < 4.78 is 5.60. The summed E-state index contributed by atoms with van der Waals surface area (Å²) in [4.78, 5) is 0. The maximum Gasteiger partial charge on any atom is 0.127 e. The highest BCUT2D eigenvalue weighted by atomic mass is 16.5. The van der Waals surface area contributed by atoms with Crippen molar-refractivity contribution in [2.24, 2.45) is 5.41 Å². The Bertz CT molecular complexity index is 663. The molecule has 0 atom stereocenters. The second-order valence-corrected chi connectivity index (χ2v) is 5.75. The number of fused-ring (bicyclic) bond motifs is 1. The Labute approximate surface area is 121 Å². The molecule has 0 amide bonds. The van der Waals surface area contributed by atoms with Crippen molar-refractivity contribution in [1.82, 2.24) is 0 Å². The first-order chi connectivity index (χ1) is 9.54. The molecule has 1 heteroatoms. The lowest BCUT2D eigenvalue weighted by Gasteiger charge is -2.06. The number of allylic oxidation sites excluding steroid dienone is 1. The second-order valence-electron chi connectivity index (χ2n) is 5.75. The molecule has 0 heterocycles. The van der Waals surface area contributed by atoms with Crippen LogP contribution in [0.4, 0.5) is 0 Å². The van der Waals surface area contributed by atoms with Crippen molar-refractivity contribution < 1.29 is 4.74 Å². The molecule has 0 spiro atoms. The summed E-state index contributed by atoms with van der Waals surface area (Å²) in [7, 11) is 0. The lowest BCUT2D eigenvalue weighted by atomic mass is 9.98. The SMILES string of the molecule is CC(C)(C)C#CC/C=C/Oc1ccc2ccccc2c1. The lowest BCUT2D eigenvalue weighted by molar-refractivity contribution is 0.480. The first-order valence-corrected chi connectivity index (χ1v) is 6.85. The average molecular weight is 264 g/mol. The molecule has 0 aromatic heterocycles. The number of hydrogen-bond donors (Lipinski definition) is 0. The van der Waals surface area contributed by atoms with E-state index in [0.717, 1.165) is 5.75 Å². The summed E-state index contributed by atoms with van der Waals surface area (Å²) in [5, 5.41) is 2.41. The highest BCUT2D eigenvalue weighted by Gasteiger charge is 2.02. The van der Waals surface area contributed by atoms with E-state index >= 15 is 0 Å². The van der Waals surface area contributed by atoms with Crippen molar-refractivity contribution in [2.45, 2.75) is 27.2 Å². The Morgan fingerprint density at radius 2 is 1.80 bits per heavy atom. The zero-order valence-corrected chi connectivity index (χ0v) is 12.3. The molecular formula is C19H20O. The third kappa shape index (κ3) is 4.48. The van der Waals surface area contributed by atoms with Gasteiger partial charge in [-0.15, -0.1) is 0 Å². The van der Waals surface area contributed by atoms with E-state index in [4.69, 9.17) is 4.74 Å². The Balaban J connectivity index is 1.93. The number of benzene rings is 2. The Morgan fingerprint density at radius 3 is 2.55 bits per heavy atom. The molecule has 0 aliphatic heterocycles. The van der Waals surface area contributed by atoms with Crippen LogP contribution in [-0.2, 0) is 0 Å². The largest absolute Gasteiger partial charge is 0.465 e. The van der Waals surface area contributed by atoms with Crippen molar-refractivity contribution in [1.29, 1.82) is 0 Å². The lowest BCUT2D eigenvalue weighted by Crippen LogP contribution is -1.98. The van der Waals surface area contributed by atoms with Crippen molar-refractivity contribution >= 4 is 10.8 Å². The molecule has 0 radical (unpaired) electrons. The van der Waals surface area contributed by atoms with Gasteiger partial charge in [0.05, 0.1) is 6.26 Å². The van der Waals surface area contributed by atoms with Crippen LogP contribution in [-0.4, -0.2) is 0 Å². The molecule has 0 bridgehead atoms. The van der Waals surface area contributed by atoms with Gasteiger partial charge in [0, 0.05) is 11.8 Å². The van der Waals surface area contributed by atoms with Gasteiger partial charge in [-0.3, -0.25) is 0 Å². The van der Waals surface area contributed by atoms with Crippen molar-refractivity contribution in [3.05, 3.63) is 54.8 Å². The monoisotopic (exact) mass is 264 g/mol. The zero-order valence-electron chi connectivity index (χ0n) is 12.3. The van der Waals surface area contributed by atoms with Gasteiger partial charge in [-0.2, -0.15) is 0 Å². The molecule has 2 aromatic carbocycles. The first kappa shape index (κ1) is 14.2. The van der Waals surface area contributed by atoms with Crippen molar-refractivity contribution in [3.63, 3.8) is 0 Å². The van der Waals surface area contributed by atoms with E-state index in [1.807, 2.05) is 30.3 Å². The van der Waals surface area contributed by atoms with Crippen LogP contribution >= 0.6 is 0 Å². The third-order valence-corrected chi connectivity index (χ3v) is 2.70. The normalized spacial score (nSPS) is 11.3. The smallest absolute Gasteiger partial charge is 0.127 e. The van der Waals surface area contributed by atoms with Gasteiger partial charge in [0.25, 0.3) is 0 Å². The van der Waals surface area contributed by atoms with Crippen LogP contribution in [0.3, 0.4) is 0 Å². The molecule has 0 saturated carbocycles. The standard InChI is InChI=1S/C19H20O/c1-19(2,3)13-7-4-8-14-20-18-12-11-16-9-5-6-10-17(16)15-18/h5-6,8-12,14-15H,4H2,1-3H3/b14-8+. The number of ether oxygens (including phenoxy) is 1. The zero-order chi connectivity index (χ0) is 14.4. The van der Waals surface area contributed by atoms with Crippen LogP contribution in [0.5, 0.6) is 5.75 Å². The molecule has 0 aliphatic carbocycles. The summed E-state index contributed by atoms with van der Waals surface area (Å²) in [6.45, 7) is 6.32. The average Bonchev–Trinajstić information content (AvgIpc) is 2.41. The Morgan fingerprint density at radius 1 is 1.05 bits per heavy atom. The van der Waals surface area contributed by atoms with E-state index in [1.165, 1.54) is 10.8 Å². The maximum atomic E-state index is 5.60. The van der Waals surface area contributed by atoms with Gasteiger partial charge in [0.15, 0.2) is 0 Å². The van der Waals surface area contributed by atoms with E-state index in [-0.39, 0.29) is 5.41 Å². The van der Waals surface area contributed by atoms with Crippen LogP contribution in [0.25, 0.3) is 10.8 Å². The van der Waals surface area contributed by atoms with Crippen molar-refractivity contribution in [2.75, 3.05) is 0 Å². The predicted molar refractivity (Wildman–Crippen MR) is 85.6 cm³/mol. The van der Waals surface area contributed by atoms with Gasteiger partial charge in [0.2, 0.25) is 0 Å². The molecule has 2 aromatic rings. The molecule has 2 rings (SSSR count). The molecule has 0 unspecified atom stereocenters. The van der Waals surface area contributed by atoms with E-state index < -0.39 is 0 Å². The number of rotatable bonds is 3. The van der Waals surface area contributed by atoms with E-state index in [0.29, 0.717) is 6.42 Å². The van der Waals surface area contributed by atoms with Gasteiger partial charge in [-0.1, -0.05) is 42.2 Å². The van der Waals surface area contributed by atoms with Gasteiger partial charge < -0.3 is 4.74 Å². The predicted octanol–water partition coefficient (Wildman–Crippen LogP) is 5.17. The molecule has 0 saturated heterocycles. The topological polar surface area (TPSA) is 9.23 Å². The molecule has 20 heavy (non-hydrogen) atoms. The van der Waals surface area contributed by atoms with Gasteiger partial charge in [-0.05, 0) is 49.8 Å². The van der Waals surface area contributed by atoms with Crippen LogP contribution in [0.1, 0.15) is 27.2 Å². The highest BCUT2D eigenvalue weighted by Crippen LogP contribution is 2.20. The second kappa shape index (κ2) is 6.30. The molecule has 0 fully saturated rings. The van der Waals surface area contributed by atoms with Crippen molar-refractivity contribution in [3.8, 4) is 17.6 Å². The minimum atomic E-state index is 0.0625. The molecular weight excluding hydrogens is 244 g/mol. The van der Waals surface area contributed by atoms with E-state index in [2.05, 4.69) is 50.8 Å². The maximum absolute atomic E-state index is 5.60. The van der Waals surface area contributed by atoms with Gasteiger partial charge in [-0.25, -0.2) is 0 Å². The van der Waals surface area contributed by atoms with Gasteiger partial charge >= 0.3 is 0 Å². The summed E-state index contributed by atoms with van der Waals surface area (Å²) >= 11 is 0. The van der Waals surface area contributed by atoms with Crippen LogP contribution in [0.15, 0.2) is 54.8 Å². The molecule has 1 nitrogen and oxygen atoms in total. The summed E-state index contributed by atoms with van der Waals surface area (Å²) in [5.74, 6) is 7.16. The summed E-state index contributed by atoms with van der Waals surface area (Å²) in [6.07, 6.45) is 4.36. The van der Waals surface area contributed by atoms with E-state index in [1.54, 1.807) is 6.26 Å².